The van der Waals surface area contributed by atoms with Crippen molar-refractivity contribution in [3.8, 4) is 29.8 Å². The Morgan fingerprint density at radius 2 is 1.25 bits per heavy atom. The third-order valence-corrected chi connectivity index (χ3v) is 7.67. The Hall–Kier alpha value is -6.30. The molecule has 2 fully saturated rings. The van der Waals surface area contributed by atoms with Crippen LogP contribution in [0.1, 0.15) is 75.6 Å². The molecule has 244 valence electrons. The topological polar surface area (TPSA) is 214 Å². The second-order valence-electron chi connectivity index (χ2n) is 10.8. The van der Waals surface area contributed by atoms with Crippen LogP contribution in [-0.4, -0.2) is 80.1 Å². The van der Waals surface area contributed by atoms with Crippen LogP contribution in [0.3, 0.4) is 0 Å². The maximum absolute atomic E-state index is 12.4. The number of nitriles is 1. The van der Waals surface area contributed by atoms with E-state index in [1.165, 1.54) is 16.7 Å². The molecule has 0 bridgehead atoms. The third kappa shape index (κ3) is 7.91. The summed E-state index contributed by atoms with van der Waals surface area (Å²) in [5, 5.41) is 29.1. The summed E-state index contributed by atoms with van der Waals surface area (Å²) in [5.41, 5.74) is 3.72. The van der Waals surface area contributed by atoms with Crippen LogP contribution in [0.5, 0.6) is 0 Å². The second-order valence-corrected chi connectivity index (χ2v) is 10.8. The Morgan fingerprint density at radius 1 is 0.812 bits per heavy atom. The minimum Gasteiger partial charge on any atom is -0.472 e. The molecule has 0 aliphatic carbocycles. The molecule has 4 N–H and O–H groups in total. The number of aliphatic hydroxyl groups excluding tert-OH is 1. The van der Waals surface area contributed by atoms with Gasteiger partial charge in [-0.05, 0) is 60.4 Å². The molecule has 0 saturated carbocycles. The van der Waals surface area contributed by atoms with Gasteiger partial charge in [0.15, 0.2) is 0 Å². The van der Waals surface area contributed by atoms with E-state index in [-0.39, 0.29) is 49.6 Å². The van der Waals surface area contributed by atoms with Gasteiger partial charge >= 0.3 is 5.97 Å². The summed E-state index contributed by atoms with van der Waals surface area (Å²) in [4.78, 5) is 84.5. The molecule has 4 aliphatic heterocycles. The molecular formula is C34H29N5O9. The van der Waals surface area contributed by atoms with E-state index in [0.717, 1.165) is 5.56 Å². The number of aliphatic hydroxyl groups is 1. The summed E-state index contributed by atoms with van der Waals surface area (Å²) < 4.78 is 0. The van der Waals surface area contributed by atoms with Gasteiger partial charge < -0.3 is 20.0 Å². The number of amides is 6. The van der Waals surface area contributed by atoms with E-state index in [1.807, 2.05) is 5.92 Å². The summed E-state index contributed by atoms with van der Waals surface area (Å²) in [6.07, 6.45) is 1.09. The lowest BCUT2D eigenvalue weighted by molar-refractivity contribution is -0.138. The minimum atomic E-state index is -1.23. The normalized spacial score (nSPS) is 18.9. The largest absolute Gasteiger partial charge is 0.472 e. The van der Waals surface area contributed by atoms with Crippen LogP contribution in [0.2, 0.25) is 0 Å². The number of carboxylic acid groups (broad SMARTS) is 1. The fourth-order valence-electron chi connectivity index (χ4n) is 5.57. The van der Waals surface area contributed by atoms with Crippen molar-refractivity contribution >= 4 is 41.4 Å². The zero-order valence-corrected chi connectivity index (χ0v) is 25.7. The fraction of sp³-hybridized carbons (Fsp3) is 0.294. The average molecular weight is 652 g/mol. The van der Waals surface area contributed by atoms with Crippen molar-refractivity contribution in [2.75, 3.05) is 6.61 Å². The number of carboxylic acids is 1. The number of piperidine rings is 2. The molecule has 14 heteroatoms. The lowest BCUT2D eigenvalue weighted by Crippen LogP contribution is -2.52. The average Bonchev–Trinajstić information content (AvgIpc) is 3.55. The highest BCUT2D eigenvalue weighted by Gasteiger charge is 2.40. The number of imide groups is 2. The molecule has 4 heterocycles. The molecule has 0 aromatic heterocycles. The number of rotatable bonds is 2. The van der Waals surface area contributed by atoms with Gasteiger partial charge in [-0.2, -0.15) is 5.26 Å². The smallest absolute Gasteiger partial charge is 0.382 e. The maximum Gasteiger partial charge on any atom is 0.382 e. The number of hydrogen-bond acceptors (Lipinski definition) is 9. The van der Waals surface area contributed by atoms with E-state index in [2.05, 4.69) is 28.4 Å². The molecule has 2 unspecified atom stereocenters. The number of carbonyl (C=O) groups excluding carboxylic acids is 6. The van der Waals surface area contributed by atoms with Gasteiger partial charge in [0, 0.05) is 61.0 Å². The molecule has 6 amide bonds. The van der Waals surface area contributed by atoms with E-state index >= 15 is 0 Å². The van der Waals surface area contributed by atoms with Gasteiger partial charge in [0.25, 0.3) is 11.8 Å². The molecule has 0 radical (unpaired) electrons. The molecule has 2 aromatic rings. The predicted octanol–water partition coefficient (Wildman–Crippen LogP) is 0.205. The van der Waals surface area contributed by atoms with Crippen LogP contribution in [0.15, 0.2) is 36.4 Å². The van der Waals surface area contributed by atoms with E-state index in [0.29, 0.717) is 47.2 Å². The number of nitrogens with one attached hydrogen (secondary N) is 2. The number of hydrogen-bond donors (Lipinski definition) is 4. The highest BCUT2D eigenvalue weighted by molar-refractivity contribution is 6.06. The molecule has 0 spiro atoms. The van der Waals surface area contributed by atoms with Crippen LogP contribution >= 0.6 is 0 Å². The number of aliphatic carboxylic acids is 1. The Labute approximate surface area is 274 Å². The zero-order valence-electron chi connectivity index (χ0n) is 25.7. The Balaban J connectivity index is 0.000000201. The van der Waals surface area contributed by atoms with Gasteiger partial charge in [-0.1, -0.05) is 17.8 Å². The number of benzene rings is 2. The minimum absolute atomic E-state index is 0.200. The second kappa shape index (κ2) is 15.3. The quantitative estimate of drug-likeness (QED) is 0.256. The van der Waals surface area contributed by atoms with Crippen LogP contribution in [0, 0.1) is 35.0 Å². The van der Waals surface area contributed by atoms with Crippen molar-refractivity contribution in [2.45, 2.75) is 57.8 Å². The fourth-order valence-corrected chi connectivity index (χ4v) is 5.57. The van der Waals surface area contributed by atoms with Crippen LogP contribution < -0.4 is 10.6 Å². The van der Waals surface area contributed by atoms with Crippen LogP contribution in [0.25, 0.3) is 0 Å². The van der Waals surface area contributed by atoms with E-state index in [9.17, 15) is 33.6 Å². The van der Waals surface area contributed by atoms with Gasteiger partial charge in [-0.3, -0.25) is 39.4 Å². The predicted molar refractivity (Wildman–Crippen MR) is 165 cm³/mol. The van der Waals surface area contributed by atoms with Gasteiger partial charge in [0.1, 0.15) is 18.7 Å². The van der Waals surface area contributed by atoms with E-state index in [4.69, 9.17) is 15.5 Å². The van der Waals surface area contributed by atoms with Crippen molar-refractivity contribution in [3.05, 3.63) is 69.8 Å². The lowest BCUT2D eigenvalue weighted by atomic mass is 10.0. The Kier molecular flexibility index (Phi) is 11.0. The summed E-state index contributed by atoms with van der Waals surface area (Å²) in [7, 11) is 0. The van der Waals surface area contributed by atoms with E-state index in [1.54, 1.807) is 42.5 Å². The molecule has 2 saturated heterocycles. The standard InChI is InChI=1S/C16H12N2O5.C16H14N2O4.C2H3N/c19-13-5-4-12(15(22)17-13)18-8-10-7-9(2-6-14(20)21)1-3-11(10)16(18)23;19-7-1-2-10-3-4-12-11(8-10)9-18(16(12)22)13-5-6-14(20)17-15(13)21;1-2-3/h1,3,7,12H,4-5,8H2,(H,20,21)(H,17,19,22);3-4,8,13,19H,5-7,9H2,(H,17,20,21);1H3. The molecular weight excluding hydrogens is 622 g/mol. The Bertz CT molecular complexity index is 1890. The number of carbonyl (C=O) groups is 7. The van der Waals surface area contributed by atoms with Gasteiger partial charge in [-0.25, -0.2) is 4.79 Å². The highest BCUT2D eigenvalue weighted by atomic mass is 16.4. The SMILES string of the molecule is CC#N.O=C(O)C#Cc1ccc2c(c1)CN(C1CCC(=O)NC1=O)C2=O.O=C1CCC(N2Cc3cc(C#CCO)ccc3C2=O)C(=O)N1. The summed E-state index contributed by atoms with van der Waals surface area (Å²) in [6.45, 7) is 1.77. The summed E-state index contributed by atoms with van der Waals surface area (Å²) in [6, 6.07) is 10.5. The van der Waals surface area contributed by atoms with Gasteiger partial charge in [0.2, 0.25) is 23.6 Å². The first-order valence-electron chi connectivity index (χ1n) is 14.7. The maximum atomic E-state index is 12.4. The molecule has 48 heavy (non-hydrogen) atoms. The molecule has 2 aromatic carbocycles. The number of fused-ring (bicyclic) bond motifs is 2. The monoisotopic (exact) mass is 651 g/mol. The first-order chi connectivity index (χ1) is 23.0. The summed E-state index contributed by atoms with van der Waals surface area (Å²) >= 11 is 0. The van der Waals surface area contributed by atoms with Gasteiger partial charge in [0.05, 0.1) is 6.07 Å². The Morgan fingerprint density at radius 3 is 1.65 bits per heavy atom. The van der Waals surface area contributed by atoms with Gasteiger partial charge in [-0.15, -0.1) is 0 Å². The first kappa shape index (κ1) is 34.6. The molecule has 2 atom stereocenters. The molecule has 14 nitrogen and oxygen atoms in total. The zero-order chi connectivity index (χ0) is 35.0. The third-order valence-electron chi connectivity index (χ3n) is 7.67. The van der Waals surface area contributed by atoms with Crippen molar-refractivity contribution in [1.82, 2.24) is 20.4 Å². The molecule has 6 rings (SSSR count). The van der Waals surface area contributed by atoms with Crippen LogP contribution in [0.4, 0.5) is 0 Å². The van der Waals surface area contributed by atoms with E-state index < -0.39 is 29.9 Å². The van der Waals surface area contributed by atoms with Crippen LogP contribution in [-0.2, 0) is 37.1 Å². The van der Waals surface area contributed by atoms with Crippen molar-refractivity contribution in [3.63, 3.8) is 0 Å². The molecule has 4 aliphatic rings. The number of nitrogens with zero attached hydrogens (tertiary/aromatic N) is 3. The summed E-state index contributed by atoms with van der Waals surface area (Å²) in [5.74, 6) is 6.65. The van der Waals surface area contributed by atoms with Crippen molar-refractivity contribution in [2.24, 2.45) is 0 Å². The lowest BCUT2D eigenvalue weighted by Gasteiger charge is -2.29. The van der Waals surface area contributed by atoms with Crippen molar-refractivity contribution < 1.29 is 43.8 Å². The first-order valence-corrected chi connectivity index (χ1v) is 14.7. The van der Waals surface area contributed by atoms with Crippen molar-refractivity contribution in [1.29, 1.82) is 5.26 Å². The highest BCUT2D eigenvalue weighted by Crippen LogP contribution is 2.29.